The quantitative estimate of drug-likeness (QED) is 0.614. The molecule has 0 saturated carbocycles. The Morgan fingerprint density at radius 3 is 2.25 bits per heavy atom. The van der Waals surface area contributed by atoms with E-state index in [9.17, 15) is 14.4 Å². The molecule has 6 heteroatoms. The van der Waals surface area contributed by atoms with E-state index < -0.39 is 0 Å². The van der Waals surface area contributed by atoms with Crippen molar-refractivity contribution in [3.63, 3.8) is 0 Å². The number of carbonyl (C=O) groups is 2. The van der Waals surface area contributed by atoms with Gasteiger partial charge in [-0.05, 0) is 6.07 Å². The van der Waals surface area contributed by atoms with E-state index in [2.05, 4.69) is 10.4 Å². The van der Waals surface area contributed by atoms with E-state index in [1.807, 2.05) is 36.4 Å². The van der Waals surface area contributed by atoms with E-state index in [1.165, 1.54) is 10.7 Å². The Kier molecular flexibility index (Phi) is 6.46. The van der Waals surface area contributed by atoms with Crippen LogP contribution in [0.2, 0.25) is 0 Å². The normalized spacial score (nSPS) is 10.4. The average molecular weight is 375 g/mol. The largest absolute Gasteiger partial charge is 0.354 e. The summed E-state index contributed by atoms with van der Waals surface area (Å²) in [6.07, 6.45) is 0.262. The third kappa shape index (κ3) is 5.23. The Labute approximate surface area is 162 Å². The fraction of sp³-hybridized carbons (Fsp3) is 0.182. The summed E-state index contributed by atoms with van der Waals surface area (Å²) >= 11 is 0. The SMILES string of the molecule is O=C(CCC(=O)c1ccccc1)NCCn1nc(-c2ccccc2)ccc1=O. The zero-order chi connectivity index (χ0) is 19.8. The summed E-state index contributed by atoms with van der Waals surface area (Å²) in [7, 11) is 0. The highest BCUT2D eigenvalue weighted by Gasteiger charge is 2.09. The minimum atomic E-state index is -0.229. The highest BCUT2D eigenvalue weighted by Crippen LogP contribution is 2.13. The van der Waals surface area contributed by atoms with E-state index in [-0.39, 0.29) is 43.2 Å². The van der Waals surface area contributed by atoms with Crippen molar-refractivity contribution in [1.82, 2.24) is 15.1 Å². The lowest BCUT2D eigenvalue weighted by molar-refractivity contribution is -0.121. The molecule has 0 aliphatic rings. The molecule has 0 unspecified atom stereocenters. The van der Waals surface area contributed by atoms with E-state index in [0.29, 0.717) is 11.3 Å². The van der Waals surface area contributed by atoms with Gasteiger partial charge in [-0.15, -0.1) is 0 Å². The number of hydrogen-bond acceptors (Lipinski definition) is 4. The smallest absolute Gasteiger partial charge is 0.266 e. The van der Waals surface area contributed by atoms with Gasteiger partial charge in [0.2, 0.25) is 5.91 Å². The molecule has 0 aliphatic heterocycles. The van der Waals surface area contributed by atoms with Crippen molar-refractivity contribution in [3.05, 3.63) is 88.7 Å². The number of amides is 1. The number of nitrogens with zero attached hydrogens (tertiary/aromatic N) is 2. The van der Waals surface area contributed by atoms with Crippen molar-refractivity contribution in [2.75, 3.05) is 6.54 Å². The first-order valence-corrected chi connectivity index (χ1v) is 9.12. The fourth-order valence-corrected chi connectivity index (χ4v) is 2.76. The Hall–Kier alpha value is -3.54. The van der Waals surface area contributed by atoms with Crippen LogP contribution in [0.5, 0.6) is 0 Å². The first kappa shape index (κ1) is 19.2. The van der Waals surface area contributed by atoms with Gasteiger partial charge in [0.05, 0.1) is 12.2 Å². The van der Waals surface area contributed by atoms with Gasteiger partial charge in [-0.2, -0.15) is 5.10 Å². The number of ketones is 1. The van der Waals surface area contributed by atoms with Crippen LogP contribution in [0, 0.1) is 0 Å². The number of benzene rings is 2. The number of Topliss-reactive ketones (excluding diaryl/α,β-unsaturated/α-hetero) is 1. The molecule has 1 amide bonds. The first-order valence-electron chi connectivity index (χ1n) is 9.12. The standard InChI is InChI=1S/C22H21N3O3/c26-20(18-9-5-2-6-10-18)12-13-21(27)23-15-16-25-22(28)14-11-19(24-25)17-7-3-1-4-8-17/h1-11,14H,12-13,15-16H2,(H,23,27). The van der Waals surface area contributed by atoms with Crippen LogP contribution in [-0.2, 0) is 11.3 Å². The number of nitrogens with one attached hydrogen (secondary N) is 1. The molecule has 0 saturated heterocycles. The topological polar surface area (TPSA) is 81.1 Å². The van der Waals surface area contributed by atoms with Crippen LogP contribution in [0.4, 0.5) is 0 Å². The first-order chi connectivity index (χ1) is 13.6. The Morgan fingerprint density at radius 2 is 1.54 bits per heavy atom. The van der Waals surface area contributed by atoms with Crippen molar-refractivity contribution in [1.29, 1.82) is 0 Å². The molecule has 0 bridgehead atoms. The molecule has 28 heavy (non-hydrogen) atoms. The fourth-order valence-electron chi connectivity index (χ4n) is 2.76. The lowest BCUT2D eigenvalue weighted by atomic mass is 10.1. The molecule has 2 aromatic carbocycles. The van der Waals surface area contributed by atoms with Gasteiger partial charge in [0.15, 0.2) is 5.78 Å². The molecule has 0 fully saturated rings. The maximum atomic E-state index is 12.0. The van der Waals surface area contributed by atoms with Gasteiger partial charge in [0.1, 0.15) is 0 Å². The zero-order valence-corrected chi connectivity index (χ0v) is 15.4. The number of rotatable bonds is 8. The molecule has 0 atom stereocenters. The maximum Gasteiger partial charge on any atom is 0.266 e. The molecule has 1 heterocycles. The summed E-state index contributed by atoms with van der Waals surface area (Å²) < 4.78 is 1.33. The Balaban J connectivity index is 1.50. The predicted octanol–water partition coefficient (Wildman–Crippen LogP) is 2.69. The van der Waals surface area contributed by atoms with Crippen molar-refractivity contribution in [2.45, 2.75) is 19.4 Å². The molecular formula is C22H21N3O3. The van der Waals surface area contributed by atoms with Gasteiger partial charge < -0.3 is 5.32 Å². The number of hydrogen-bond donors (Lipinski definition) is 1. The monoisotopic (exact) mass is 375 g/mol. The molecule has 142 valence electrons. The summed E-state index contributed by atoms with van der Waals surface area (Å²) in [5, 5.41) is 7.09. The van der Waals surface area contributed by atoms with Crippen LogP contribution in [0.15, 0.2) is 77.6 Å². The number of carbonyl (C=O) groups excluding carboxylic acids is 2. The Morgan fingerprint density at radius 1 is 0.857 bits per heavy atom. The highest BCUT2D eigenvalue weighted by atomic mass is 16.2. The molecule has 3 aromatic rings. The van der Waals surface area contributed by atoms with Gasteiger partial charge in [-0.25, -0.2) is 4.68 Å². The average Bonchev–Trinajstić information content (AvgIpc) is 2.74. The summed E-state index contributed by atoms with van der Waals surface area (Å²) in [4.78, 5) is 36.0. The van der Waals surface area contributed by atoms with Crippen LogP contribution >= 0.6 is 0 Å². The second-order valence-electron chi connectivity index (χ2n) is 6.29. The van der Waals surface area contributed by atoms with Crippen LogP contribution in [-0.4, -0.2) is 28.0 Å². The predicted molar refractivity (Wildman–Crippen MR) is 107 cm³/mol. The molecule has 0 spiro atoms. The lowest BCUT2D eigenvalue weighted by Crippen LogP contribution is -2.32. The van der Waals surface area contributed by atoms with Crippen molar-refractivity contribution >= 4 is 11.7 Å². The van der Waals surface area contributed by atoms with Crippen LogP contribution < -0.4 is 10.9 Å². The third-order valence-corrected chi connectivity index (χ3v) is 4.26. The summed E-state index contributed by atoms with van der Waals surface area (Å²) in [6, 6.07) is 21.6. The summed E-state index contributed by atoms with van der Waals surface area (Å²) in [5.41, 5.74) is 1.98. The van der Waals surface area contributed by atoms with Crippen molar-refractivity contribution in [3.8, 4) is 11.3 Å². The van der Waals surface area contributed by atoms with Gasteiger partial charge in [-0.1, -0.05) is 60.7 Å². The highest BCUT2D eigenvalue weighted by molar-refractivity contribution is 5.97. The van der Waals surface area contributed by atoms with Crippen LogP contribution in [0.1, 0.15) is 23.2 Å². The second-order valence-corrected chi connectivity index (χ2v) is 6.29. The maximum absolute atomic E-state index is 12.0. The van der Waals surface area contributed by atoms with E-state index in [1.54, 1.807) is 30.3 Å². The molecule has 3 rings (SSSR count). The van der Waals surface area contributed by atoms with E-state index in [4.69, 9.17) is 0 Å². The molecule has 1 aromatic heterocycles. The van der Waals surface area contributed by atoms with Gasteiger partial charge in [0, 0.05) is 36.6 Å². The summed E-state index contributed by atoms with van der Waals surface area (Å²) in [6.45, 7) is 0.529. The van der Waals surface area contributed by atoms with Gasteiger partial charge in [0.25, 0.3) is 5.56 Å². The summed E-state index contributed by atoms with van der Waals surface area (Å²) in [5.74, 6) is -0.291. The number of aromatic nitrogens is 2. The molecule has 0 radical (unpaired) electrons. The molecular weight excluding hydrogens is 354 g/mol. The molecule has 6 nitrogen and oxygen atoms in total. The lowest BCUT2D eigenvalue weighted by Gasteiger charge is -2.08. The van der Waals surface area contributed by atoms with Gasteiger partial charge in [-0.3, -0.25) is 14.4 Å². The molecule has 0 aliphatic carbocycles. The third-order valence-electron chi connectivity index (χ3n) is 4.26. The minimum Gasteiger partial charge on any atom is -0.354 e. The van der Waals surface area contributed by atoms with Crippen molar-refractivity contribution in [2.24, 2.45) is 0 Å². The van der Waals surface area contributed by atoms with Gasteiger partial charge >= 0.3 is 0 Å². The second kappa shape index (κ2) is 9.41. The molecule has 1 N–H and O–H groups in total. The zero-order valence-electron chi connectivity index (χ0n) is 15.4. The van der Waals surface area contributed by atoms with Crippen molar-refractivity contribution < 1.29 is 9.59 Å². The minimum absolute atomic E-state index is 0.0656. The van der Waals surface area contributed by atoms with Crippen LogP contribution in [0.3, 0.4) is 0 Å². The van der Waals surface area contributed by atoms with Crippen LogP contribution in [0.25, 0.3) is 11.3 Å². The Bertz CT molecular complexity index is 998. The van der Waals surface area contributed by atoms with E-state index >= 15 is 0 Å². The van der Waals surface area contributed by atoms with E-state index in [0.717, 1.165) is 5.56 Å².